The summed E-state index contributed by atoms with van der Waals surface area (Å²) in [5.74, 6) is 0.468. The Morgan fingerprint density at radius 3 is 2.92 bits per heavy atom. The third-order valence-electron chi connectivity index (χ3n) is 4.60. The van der Waals surface area contributed by atoms with Crippen LogP contribution in [0.15, 0.2) is 53.6 Å². The van der Waals surface area contributed by atoms with Gasteiger partial charge in [0.05, 0.1) is 12.0 Å². The van der Waals surface area contributed by atoms with Gasteiger partial charge < -0.3 is 15.2 Å². The second kappa shape index (κ2) is 9.17. The zero-order valence-corrected chi connectivity index (χ0v) is 15.2. The Kier molecular flexibility index (Phi) is 6.41. The summed E-state index contributed by atoms with van der Waals surface area (Å²) in [5, 5.41) is 6.57. The highest BCUT2D eigenvalue weighted by molar-refractivity contribution is 5.79. The average Bonchev–Trinajstić information content (AvgIpc) is 3.20. The van der Waals surface area contributed by atoms with E-state index in [4.69, 9.17) is 0 Å². The topological polar surface area (TPSA) is 54.2 Å². The third kappa shape index (κ3) is 4.94. The number of allylic oxidation sites excluding steroid dienone is 1. The maximum atomic E-state index is 14.3. The van der Waals surface area contributed by atoms with Crippen LogP contribution in [0.5, 0.6) is 0 Å². The van der Waals surface area contributed by atoms with Crippen molar-refractivity contribution in [1.29, 1.82) is 0 Å². The van der Waals surface area contributed by atoms with E-state index in [1.807, 2.05) is 6.07 Å². The van der Waals surface area contributed by atoms with E-state index >= 15 is 0 Å². The molecular weight excluding hydrogens is 329 g/mol. The molecule has 6 heteroatoms. The van der Waals surface area contributed by atoms with Crippen LogP contribution in [0.4, 0.5) is 4.39 Å². The van der Waals surface area contributed by atoms with Crippen LogP contribution in [0.1, 0.15) is 37.7 Å². The highest BCUT2D eigenvalue weighted by atomic mass is 19.1. The molecule has 138 valence electrons. The van der Waals surface area contributed by atoms with Crippen LogP contribution in [-0.4, -0.2) is 29.1 Å². The van der Waals surface area contributed by atoms with Crippen molar-refractivity contribution in [2.45, 2.75) is 38.6 Å². The van der Waals surface area contributed by atoms with Gasteiger partial charge in [-0.05, 0) is 49.8 Å². The minimum Gasteiger partial charge on any atom is -0.356 e. The molecule has 26 heavy (non-hydrogen) atoms. The second-order valence-electron chi connectivity index (χ2n) is 6.47. The van der Waals surface area contributed by atoms with E-state index in [1.165, 1.54) is 31.3 Å². The lowest BCUT2D eigenvalue weighted by Crippen LogP contribution is -2.37. The van der Waals surface area contributed by atoms with E-state index in [0.29, 0.717) is 12.2 Å². The SMILES string of the molecule is CN=C(NCCC1=CCCCC1)NCc1ccc(-n2ccnc2)c(F)c1. The van der Waals surface area contributed by atoms with Crippen LogP contribution in [-0.2, 0) is 6.54 Å². The number of hydrogen-bond donors (Lipinski definition) is 2. The summed E-state index contributed by atoms with van der Waals surface area (Å²) in [6.45, 7) is 1.38. The van der Waals surface area contributed by atoms with Gasteiger partial charge in [0, 0.05) is 32.5 Å². The summed E-state index contributed by atoms with van der Waals surface area (Å²) in [7, 11) is 1.75. The van der Waals surface area contributed by atoms with E-state index in [0.717, 1.165) is 24.5 Å². The van der Waals surface area contributed by atoms with Crippen molar-refractivity contribution < 1.29 is 4.39 Å². The Morgan fingerprint density at radius 2 is 2.23 bits per heavy atom. The lowest BCUT2D eigenvalue weighted by Gasteiger charge is -2.15. The van der Waals surface area contributed by atoms with E-state index in [1.54, 1.807) is 42.5 Å². The second-order valence-corrected chi connectivity index (χ2v) is 6.47. The minimum absolute atomic E-state index is 0.269. The predicted octanol–water partition coefficient (Wildman–Crippen LogP) is 3.57. The Morgan fingerprint density at radius 1 is 1.31 bits per heavy atom. The third-order valence-corrected chi connectivity index (χ3v) is 4.60. The molecular formula is C20H26FN5. The van der Waals surface area contributed by atoms with E-state index in [-0.39, 0.29) is 5.82 Å². The molecule has 0 fully saturated rings. The van der Waals surface area contributed by atoms with Crippen molar-refractivity contribution in [3.63, 3.8) is 0 Å². The lowest BCUT2D eigenvalue weighted by molar-refractivity contribution is 0.614. The fraction of sp³-hybridized carbons (Fsp3) is 0.400. The summed E-state index contributed by atoms with van der Waals surface area (Å²) >= 11 is 0. The molecule has 1 aromatic heterocycles. The summed E-state index contributed by atoms with van der Waals surface area (Å²) < 4.78 is 16.0. The summed E-state index contributed by atoms with van der Waals surface area (Å²) in [4.78, 5) is 8.19. The molecule has 2 aromatic rings. The molecule has 0 unspecified atom stereocenters. The molecule has 2 N–H and O–H groups in total. The van der Waals surface area contributed by atoms with Gasteiger partial charge in [-0.1, -0.05) is 17.7 Å². The van der Waals surface area contributed by atoms with Gasteiger partial charge in [-0.3, -0.25) is 4.99 Å². The standard InChI is InChI=1S/C20H26FN5/c1-22-20(24-10-9-16-5-3-2-4-6-16)25-14-17-7-8-19(18(21)13-17)26-12-11-23-15-26/h5,7-8,11-13,15H,2-4,6,9-10,14H2,1H3,(H2,22,24,25). The van der Waals surface area contributed by atoms with Gasteiger partial charge in [0.15, 0.2) is 5.96 Å². The Labute approximate surface area is 154 Å². The predicted molar refractivity (Wildman–Crippen MR) is 103 cm³/mol. The Balaban J connectivity index is 1.49. The van der Waals surface area contributed by atoms with Gasteiger partial charge in [0.2, 0.25) is 0 Å². The maximum absolute atomic E-state index is 14.3. The number of nitrogens with zero attached hydrogens (tertiary/aromatic N) is 3. The van der Waals surface area contributed by atoms with Crippen LogP contribution in [0, 0.1) is 5.82 Å². The van der Waals surface area contributed by atoms with Gasteiger partial charge in [0.1, 0.15) is 5.82 Å². The number of hydrogen-bond acceptors (Lipinski definition) is 2. The van der Waals surface area contributed by atoms with E-state index in [2.05, 4.69) is 26.7 Å². The number of rotatable bonds is 6. The van der Waals surface area contributed by atoms with Crippen molar-refractivity contribution in [1.82, 2.24) is 20.2 Å². The first kappa shape index (κ1) is 18.2. The highest BCUT2D eigenvalue weighted by Crippen LogP contribution is 2.19. The number of benzene rings is 1. The van der Waals surface area contributed by atoms with Gasteiger partial charge >= 0.3 is 0 Å². The Bertz CT molecular complexity index is 765. The zero-order valence-electron chi connectivity index (χ0n) is 15.2. The van der Waals surface area contributed by atoms with Crippen molar-refractivity contribution in [2.75, 3.05) is 13.6 Å². The molecule has 0 radical (unpaired) electrons. The Hall–Kier alpha value is -2.63. The zero-order chi connectivity index (χ0) is 18.2. The lowest BCUT2D eigenvalue weighted by atomic mass is 9.97. The molecule has 1 aromatic carbocycles. The fourth-order valence-corrected chi connectivity index (χ4v) is 3.15. The van der Waals surface area contributed by atoms with Crippen LogP contribution in [0.2, 0.25) is 0 Å². The van der Waals surface area contributed by atoms with Crippen LogP contribution >= 0.6 is 0 Å². The van der Waals surface area contributed by atoms with E-state index < -0.39 is 0 Å². The summed E-state index contributed by atoms with van der Waals surface area (Å²) in [5.41, 5.74) is 2.90. The quantitative estimate of drug-likeness (QED) is 0.473. The van der Waals surface area contributed by atoms with Crippen LogP contribution in [0.25, 0.3) is 5.69 Å². The number of nitrogens with one attached hydrogen (secondary N) is 2. The molecule has 0 spiro atoms. The first-order chi connectivity index (χ1) is 12.8. The van der Waals surface area contributed by atoms with E-state index in [9.17, 15) is 4.39 Å². The molecule has 0 saturated heterocycles. The number of aromatic nitrogens is 2. The largest absolute Gasteiger partial charge is 0.356 e. The summed E-state index contributed by atoms with van der Waals surface area (Å²) in [6.07, 6.45) is 13.4. The smallest absolute Gasteiger partial charge is 0.191 e. The van der Waals surface area contributed by atoms with Crippen LogP contribution in [0.3, 0.4) is 0 Å². The maximum Gasteiger partial charge on any atom is 0.191 e. The van der Waals surface area contributed by atoms with Gasteiger partial charge in [-0.15, -0.1) is 0 Å². The molecule has 0 amide bonds. The van der Waals surface area contributed by atoms with Crippen molar-refractivity contribution in [3.05, 3.63) is 59.9 Å². The van der Waals surface area contributed by atoms with Crippen molar-refractivity contribution in [3.8, 4) is 5.69 Å². The molecule has 1 heterocycles. The molecule has 0 saturated carbocycles. The number of guanidine groups is 1. The van der Waals surface area contributed by atoms with Gasteiger partial charge in [-0.25, -0.2) is 9.37 Å². The number of imidazole rings is 1. The number of halogens is 1. The van der Waals surface area contributed by atoms with Crippen molar-refractivity contribution >= 4 is 5.96 Å². The molecule has 0 atom stereocenters. The molecule has 1 aliphatic rings. The molecule has 5 nitrogen and oxygen atoms in total. The van der Waals surface area contributed by atoms with Gasteiger partial charge in [0.25, 0.3) is 0 Å². The van der Waals surface area contributed by atoms with Crippen LogP contribution < -0.4 is 10.6 Å². The number of aliphatic imine (C=N–C) groups is 1. The summed E-state index contributed by atoms with van der Waals surface area (Å²) in [6, 6.07) is 5.22. The van der Waals surface area contributed by atoms with Gasteiger partial charge in [-0.2, -0.15) is 0 Å². The minimum atomic E-state index is -0.269. The molecule has 3 rings (SSSR count). The first-order valence-corrected chi connectivity index (χ1v) is 9.15. The fourth-order valence-electron chi connectivity index (χ4n) is 3.15. The molecule has 1 aliphatic carbocycles. The van der Waals surface area contributed by atoms with Crippen molar-refractivity contribution in [2.24, 2.45) is 4.99 Å². The highest BCUT2D eigenvalue weighted by Gasteiger charge is 2.07. The monoisotopic (exact) mass is 355 g/mol. The molecule has 0 aliphatic heterocycles. The normalized spacial score (nSPS) is 14.8. The first-order valence-electron chi connectivity index (χ1n) is 9.15. The molecule has 0 bridgehead atoms. The average molecular weight is 355 g/mol.